The SMILES string of the molecule is CC1(C)C(C(=O)O)C1C(O)C(Cl)(Cl)C(F)(F)F. The van der Waals surface area contributed by atoms with Crippen molar-refractivity contribution in [1.29, 1.82) is 0 Å². The number of hydrogen-bond donors (Lipinski definition) is 2. The maximum absolute atomic E-state index is 12.5. The molecule has 0 saturated heterocycles. The normalized spacial score (nSPS) is 29.9. The number of aliphatic carboxylic acids is 1. The molecule has 0 aromatic carbocycles. The zero-order valence-electron chi connectivity index (χ0n) is 8.92. The van der Waals surface area contributed by atoms with Crippen LogP contribution < -0.4 is 0 Å². The molecule has 100 valence electrons. The quantitative estimate of drug-likeness (QED) is 0.786. The number of carboxylic acid groups (broad SMARTS) is 1. The first-order valence-corrected chi connectivity index (χ1v) is 5.46. The Bertz CT molecular complexity index is 341. The Labute approximate surface area is 106 Å². The van der Waals surface area contributed by atoms with E-state index in [9.17, 15) is 23.1 Å². The molecule has 1 aliphatic carbocycles. The van der Waals surface area contributed by atoms with Gasteiger partial charge in [-0.2, -0.15) is 13.2 Å². The standard InChI is InChI=1S/C9H11Cl2F3O3/c1-7(2)3(4(7)6(16)17)5(15)8(10,11)9(12,13)14/h3-5,15H,1-2H3,(H,16,17). The third-order valence-corrected chi connectivity index (χ3v) is 4.14. The minimum Gasteiger partial charge on any atom is -0.481 e. The van der Waals surface area contributed by atoms with Gasteiger partial charge in [-0.1, -0.05) is 37.0 Å². The van der Waals surface area contributed by atoms with Crippen LogP contribution in [0.2, 0.25) is 0 Å². The smallest absolute Gasteiger partial charge is 0.424 e. The second-order valence-electron chi connectivity index (χ2n) is 4.73. The van der Waals surface area contributed by atoms with E-state index in [1.165, 1.54) is 13.8 Å². The first kappa shape index (κ1) is 14.9. The van der Waals surface area contributed by atoms with E-state index in [1.807, 2.05) is 0 Å². The molecule has 0 radical (unpaired) electrons. The fourth-order valence-corrected chi connectivity index (χ4v) is 2.40. The van der Waals surface area contributed by atoms with Crippen LogP contribution in [-0.4, -0.2) is 32.8 Å². The minimum atomic E-state index is -5.03. The number of carbonyl (C=O) groups is 1. The summed E-state index contributed by atoms with van der Waals surface area (Å²) in [6.07, 6.45) is -7.21. The highest BCUT2D eigenvalue weighted by atomic mass is 35.5. The zero-order chi connectivity index (χ0) is 13.8. The summed E-state index contributed by atoms with van der Waals surface area (Å²) in [5.41, 5.74) is -0.967. The van der Waals surface area contributed by atoms with Crippen molar-refractivity contribution in [1.82, 2.24) is 0 Å². The number of rotatable bonds is 3. The fourth-order valence-electron chi connectivity index (χ4n) is 2.13. The molecule has 0 bridgehead atoms. The van der Waals surface area contributed by atoms with E-state index in [1.54, 1.807) is 0 Å². The predicted octanol–water partition coefficient (Wildman–Crippen LogP) is 2.44. The summed E-state index contributed by atoms with van der Waals surface area (Å²) in [7, 11) is 0. The van der Waals surface area contributed by atoms with Gasteiger partial charge in [-0.3, -0.25) is 4.79 Å². The van der Waals surface area contributed by atoms with E-state index in [0.717, 1.165) is 0 Å². The highest BCUT2D eigenvalue weighted by Crippen LogP contribution is 2.63. The molecule has 0 aromatic heterocycles. The van der Waals surface area contributed by atoms with Gasteiger partial charge in [-0.05, 0) is 5.41 Å². The number of aliphatic hydroxyl groups excluding tert-OH is 1. The summed E-state index contributed by atoms with van der Waals surface area (Å²) in [6, 6.07) is 0. The van der Waals surface area contributed by atoms with Crippen molar-refractivity contribution >= 4 is 29.2 Å². The number of aliphatic hydroxyl groups is 1. The van der Waals surface area contributed by atoms with Gasteiger partial charge in [-0.25, -0.2) is 0 Å². The van der Waals surface area contributed by atoms with Crippen LogP contribution in [0, 0.1) is 17.3 Å². The van der Waals surface area contributed by atoms with Gasteiger partial charge in [0.05, 0.1) is 5.92 Å². The van der Waals surface area contributed by atoms with Gasteiger partial charge in [0, 0.05) is 5.92 Å². The third kappa shape index (κ3) is 2.22. The van der Waals surface area contributed by atoms with Crippen LogP contribution in [0.5, 0.6) is 0 Å². The van der Waals surface area contributed by atoms with Crippen LogP contribution in [0.3, 0.4) is 0 Å². The van der Waals surface area contributed by atoms with Crippen LogP contribution >= 0.6 is 23.2 Å². The summed E-state index contributed by atoms with van der Waals surface area (Å²) < 4.78 is 34.1. The minimum absolute atomic E-state index is 0.967. The lowest BCUT2D eigenvalue weighted by Gasteiger charge is -2.28. The van der Waals surface area contributed by atoms with Gasteiger partial charge in [0.2, 0.25) is 4.33 Å². The van der Waals surface area contributed by atoms with Crippen LogP contribution in [0.4, 0.5) is 13.2 Å². The highest BCUT2D eigenvalue weighted by molar-refractivity contribution is 6.49. The number of carboxylic acids is 1. The lowest BCUT2D eigenvalue weighted by atomic mass is 10.0. The van der Waals surface area contributed by atoms with Crippen molar-refractivity contribution in [2.45, 2.75) is 30.5 Å². The van der Waals surface area contributed by atoms with Gasteiger partial charge >= 0.3 is 12.1 Å². The van der Waals surface area contributed by atoms with Crippen LogP contribution in [0.15, 0.2) is 0 Å². The highest BCUT2D eigenvalue weighted by Gasteiger charge is 2.72. The van der Waals surface area contributed by atoms with Gasteiger partial charge in [0.25, 0.3) is 0 Å². The van der Waals surface area contributed by atoms with Crippen LogP contribution in [-0.2, 0) is 4.79 Å². The monoisotopic (exact) mass is 294 g/mol. The van der Waals surface area contributed by atoms with E-state index >= 15 is 0 Å². The second kappa shape index (κ2) is 3.90. The molecule has 1 saturated carbocycles. The first-order chi connectivity index (χ1) is 7.35. The molecule has 17 heavy (non-hydrogen) atoms. The lowest BCUT2D eigenvalue weighted by molar-refractivity contribution is -0.166. The maximum Gasteiger partial charge on any atom is 0.424 e. The molecule has 3 atom stereocenters. The fraction of sp³-hybridized carbons (Fsp3) is 0.889. The van der Waals surface area contributed by atoms with Crippen LogP contribution in [0.25, 0.3) is 0 Å². The molecule has 3 nitrogen and oxygen atoms in total. The van der Waals surface area contributed by atoms with Crippen molar-refractivity contribution < 1.29 is 28.2 Å². The molecule has 1 fully saturated rings. The lowest BCUT2D eigenvalue weighted by Crippen LogP contribution is -2.47. The van der Waals surface area contributed by atoms with Gasteiger partial charge in [-0.15, -0.1) is 0 Å². The Morgan fingerprint density at radius 2 is 1.76 bits per heavy atom. The Morgan fingerprint density at radius 3 is 2.00 bits per heavy atom. The van der Waals surface area contributed by atoms with E-state index in [2.05, 4.69) is 0 Å². The molecule has 0 aromatic rings. The molecule has 8 heteroatoms. The predicted molar refractivity (Wildman–Crippen MR) is 54.9 cm³/mol. The summed E-state index contributed by atoms with van der Waals surface area (Å²) in [5.74, 6) is -3.49. The number of halogens is 5. The largest absolute Gasteiger partial charge is 0.481 e. The second-order valence-corrected chi connectivity index (χ2v) is 6.11. The molecule has 0 aliphatic heterocycles. The van der Waals surface area contributed by atoms with E-state index in [-0.39, 0.29) is 0 Å². The maximum atomic E-state index is 12.5. The number of alkyl halides is 5. The average molecular weight is 295 g/mol. The average Bonchev–Trinajstić information content (AvgIpc) is 2.65. The molecule has 3 unspecified atom stereocenters. The van der Waals surface area contributed by atoms with Crippen molar-refractivity contribution in [3.63, 3.8) is 0 Å². The van der Waals surface area contributed by atoms with Crippen LogP contribution in [0.1, 0.15) is 13.8 Å². The molecule has 0 amide bonds. The Morgan fingerprint density at radius 1 is 1.35 bits per heavy atom. The molecule has 0 heterocycles. The third-order valence-electron chi connectivity index (χ3n) is 3.27. The number of hydrogen-bond acceptors (Lipinski definition) is 2. The topological polar surface area (TPSA) is 57.5 Å². The molecule has 1 rings (SSSR count). The van der Waals surface area contributed by atoms with Gasteiger partial charge in [0.1, 0.15) is 6.10 Å². The summed E-state index contributed by atoms with van der Waals surface area (Å²) in [4.78, 5) is 10.8. The molecule has 2 N–H and O–H groups in total. The molecule has 0 spiro atoms. The Balaban J connectivity index is 2.94. The van der Waals surface area contributed by atoms with Crippen molar-refractivity contribution in [2.75, 3.05) is 0 Å². The van der Waals surface area contributed by atoms with Crippen molar-refractivity contribution in [3.05, 3.63) is 0 Å². The van der Waals surface area contributed by atoms with Gasteiger partial charge < -0.3 is 10.2 Å². The van der Waals surface area contributed by atoms with Gasteiger partial charge in [0.15, 0.2) is 0 Å². The summed E-state index contributed by atoms with van der Waals surface area (Å²) in [5, 5.41) is 18.4. The Kier molecular flexibility index (Phi) is 3.41. The first-order valence-electron chi connectivity index (χ1n) is 4.70. The van der Waals surface area contributed by atoms with E-state index in [0.29, 0.717) is 0 Å². The molecule has 1 aliphatic rings. The van der Waals surface area contributed by atoms with E-state index in [4.69, 9.17) is 28.3 Å². The Hall–Kier alpha value is -0.200. The summed E-state index contributed by atoms with van der Waals surface area (Å²) >= 11 is 10.2. The van der Waals surface area contributed by atoms with Crippen molar-refractivity contribution in [2.24, 2.45) is 17.3 Å². The zero-order valence-corrected chi connectivity index (χ0v) is 10.4. The molecular weight excluding hydrogens is 284 g/mol. The summed E-state index contributed by atoms with van der Waals surface area (Å²) in [6.45, 7) is 2.89. The van der Waals surface area contributed by atoms with Crippen molar-refractivity contribution in [3.8, 4) is 0 Å². The van der Waals surface area contributed by atoms with E-state index < -0.39 is 39.8 Å². The molecular formula is C9H11Cl2F3O3.